The van der Waals surface area contributed by atoms with Crippen LogP contribution in [0.3, 0.4) is 0 Å². The smallest absolute Gasteiger partial charge is 0.282 e. The predicted molar refractivity (Wildman–Crippen MR) is 112 cm³/mol. The first-order valence-electron chi connectivity index (χ1n) is 9.54. The molecule has 0 aliphatic heterocycles. The molecular formula is C21H20N4O3S. The van der Waals surface area contributed by atoms with E-state index in [1.807, 2.05) is 13.0 Å². The lowest BCUT2D eigenvalue weighted by molar-refractivity contribution is 0.298. The molecule has 1 aliphatic carbocycles. The van der Waals surface area contributed by atoms with Crippen LogP contribution >= 0.6 is 11.3 Å². The van der Waals surface area contributed by atoms with Crippen LogP contribution in [-0.4, -0.2) is 29.1 Å². The van der Waals surface area contributed by atoms with Gasteiger partial charge in [0.15, 0.2) is 18.1 Å². The summed E-state index contributed by atoms with van der Waals surface area (Å²) in [5.74, 6) is 1.02. The third-order valence-electron chi connectivity index (χ3n) is 4.75. The highest BCUT2D eigenvalue weighted by atomic mass is 32.1. The van der Waals surface area contributed by atoms with E-state index < -0.39 is 0 Å². The highest BCUT2D eigenvalue weighted by Crippen LogP contribution is 2.33. The van der Waals surface area contributed by atoms with E-state index in [-0.39, 0.29) is 12.2 Å². The maximum atomic E-state index is 13.0. The monoisotopic (exact) mass is 408 g/mol. The molecule has 0 saturated heterocycles. The Kier molecular flexibility index (Phi) is 5.58. The number of hydrogen-bond donors (Lipinski definition) is 0. The topological polar surface area (TPSA) is 89.5 Å². The van der Waals surface area contributed by atoms with Gasteiger partial charge in [-0.05, 0) is 61.9 Å². The second-order valence-electron chi connectivity index (χ2n) is 6.62. The average molecular weight is 408 g/mol. The van der Waals surface area contributed by atoms with Crippen LogP contribution < -0.4 is 15.0 Å². The Hall–Kier alpha value is -3.18. The van der Waals surface area contributed by atoms with Crippen LogP contribution in [0.15, 0.2) is 34.4 Å². The summed E-state index contributed by atoms with van der Waals surface area (Å²) in [5.41, 5.74) is 1.76. The van der Waals surface area contributed by atoms with Crippen LogP contribution in [0.2, 0.25) is 0 Å². The van der Waals surface area contributed by atoms with Crippen LogP contribution in [0, 0.1) is 11.3 Å². The summed E-state index contributed by atoms with van der Waals surface area (Å²) in [5, 5.41) is 13.7. The summed E-state index contributed by atoms with van der Waals surface area (Å²) in [4.78, 5) is 19.5. The molecule has 4 rings (SSSR count). The van der Waals surface area contributed by atoms with Gasteiger partial charge >= 0.3 is 0 Å². The lowest BCUT2D eigenvalue weighted by atomic mass is 9.97. The summed E-state index contributed by atoms with van der Waals surface area (Å²) in [6.07, 6.45) is 7.29. The fraction of sp³-hybridized carbons (Fsp3) is 0.333. The molecule has 0 amide bonds. The van der Waals surface area contributed by atoms with E-state index in [4.69, 9.17) is 14.7 Å². The molecular weight excluding hydrogens is 388 g/mol. The molecule has 1 aromatic carbocycles. The Bertz CT molecular complexity index is 1170. The van der Waals surface area contributed by atoms with Crippen LogP contribution in [0.1, 0.15) is 35.8 Å². The molecule has 0 N–H and O–H groups in total. The van der Waals surface area contributed by atoms with Gasteiger partial charge in [-0.25, -0.2) is 4.98 Å². The molecule has 0 unspecified atom stereocenters. The number of aromatic nitrogens is 2. The van der Waals surface area contributed by atoms with Crippen molar-refractivity contribution in [3.63, 3.8) is 0 Å². The summed E-state index contributed by atoms with van der Waals surface area (Å²) >= 11 is 1.62. The minimum Gasteiger partial charge on any atom is -0.490 e. The van der Waals surface area contributed by atoms with E-state index in [2.05, 4.69) is 10.1 Å². The van der Waals surface area contributed by atoms with E-state index >= 15 is 0 Å². The van der Waals surface area contributed by atoms with Crippen molar-refractivity contribution in [1.82, 2.24) is 9.66 Å². The second-order valence-corrected chi connectivity index (χ2v) is 7.70. The molecule has 8 heteroatoms. The van der Waals surface area contributed by atoms with Crippen LogP contribution in [0.5, 0.6) is 11.5 Å². The summed E-state index contributed by atoms with van der Waals surface area (Å²) < 4.78 is 12.2. The van der Waals surface area contributed by atoms with Gasteiger partial charge in [-0.2, -0.15) is 15.0 Å². The van der Waals surface area contributed by atoms with Crippen molar-refractivity contribution in [3.8, 4) is 17.6 Å². The van der Waals surface area contributed by atoms with Crippen molar-refractivity contribution in [1.29, 1.82) is 5.26 Å². The standard InChI is InChI=1S/C21H20N4O3S/c1-2-27-17-11-14(7-8-16(17)28-10-9-22)12-24-25-13-23-20-19(21(25)26)15-5-3-4-6-18(15)29-20/h7-8,11-13H,2-6,10H2,1H3/b24-12+. The number of nitrogens with zero attached hydrogens (tertiary/aromatic N) is 4. The molecule has 2 heterocycles. The number of aryl methyl sites for hydroxylation is 2. The summed E-state index contributed by atoms with van der Waals surface area (Å²) in [6.45, 7) is 2.28. The molecule has 0 bridgehead atoms. The van der Waals surface area contributed by atoms with E-state index in [1.54, 1.807) is 35.8 Å². The Morgan fingerprint density at radius 1 is 1.31 bits per heavy atom. The van der Waals surface area contributed by atoms with Gasteiger partial charge in [0.1, 0.15) is 17.2 Å². The maximum absolute atomic E-state index is 13.0. The largest absolute Gasteiger partial charge is 0.490 e. The number of rotatable bonds is 6. The first kappa shape index (κ1) is 19.2. The first-order chi connectivity index (χ1) is 14.2. The normalized spacial score (nSPS) is 13.4. The zero-order valence-corrected chi connectivity index (χ0v) is 16.9. The number of fused-ring (bicyclic) bond motifs is 3. The zero-order chi connectivity index (χ0) is 20.2. The van der Waals surface area contributed by atoms with Crippen LogP contribution in [-0.2, 0) is 12.8 Å². The Balaban J connectivity index is 1.66. The van der Waals surface area contributed by atoms with Crippen molar-refractivity contribution in [3.05, 3.63) is 50.9 Å². The van der Waals surface area contributed by atoms with E-state index in [1.165, 1.54) is 22.3 Å². The molecule has 2 aromatic heterocycles. The zero-order valence-electron chi connectivity index (χ0n) is 16.1. The SMILES string of the molecule is CCOc1cc(/C=N/n2cnc3sc4c(c3c2=O)CCCC4)ccc1OCC#N. The molecule has 29 heavy (non-hydrogen) atoms. The van der Waals surface area contributed by atoms with Gasteiger partial charge in [0, 0.05) is 4.88 Å². The Morgan fingerprint density at radius 3 is 3.00 bits per heavy atom. The minimum atomic E-state index is -0.135. The minimum absolute atomic E-state index is 0.0560. The molecule has 0 radical (unpaired) electrons. The number of thiophene rings is 1. The summed E-state index contributed by atoms with van der Waals surface area (Å²) in [7, 11) is 0. The van der Waals surface area contributed by atoms with Gasteiger partial charge in [-0.15, -0.1) is 11.3 Å². The highest BCUT2D eigenvalue weighted by molar-refractivity contribution is 7.18. The molecule has 0 saturated carbocycles. The molecule has 7 nitrogen and oxygen atoms in total. The quantitative estimate of drug-likeness (QED) is 0.582. The molecule has 0 atom stereocenters. The average Bonchev–Trinajstić information content (AvgIpc) is 3.12. The van der Waals surface area contributed by atoms with Gasteiger partial charge in [-0.1, -0.05) is 0 Å². The number of hydrogen-bond acceptors (Lipinski definition) is 7. The van der Waals surface area contributed by atoms with Gasteiger partial charge < -0.3 is 9.47 Å². The molecule has 0 spiro atoms. The maximum Gasteiger partial charge on any atom is 0.282 e. The molecule has 148 valence electrons. The van der Waals surface area contributed by atoms with Gasteiger partial charge in [0.25, 0.3) is 5.56 Å². The molecule has 3 aromatic rings. The van der Waals surface area contributed by atoms with Crippen molar-refractivity contribution >= 4 is 27.8 Å². The molecule has 0 fully saturated rings. The van der Waals surface area contributed by atoms with E-state index in [9.17, 15) is 4.79 Å². The van der Waals surface area contributed by atoms with Crippen molar-refractivity contribution in [2.75, 3.05) is 13.2 Å². The third kappa shape index (κ3) is 3.87. The molecule has 1 aliphatic rings. The number of nitriles is 1. The first-order valence-corrected chi connectivity index (χ1v) is 10.4. The summed E-state index contributed by atoms with van der Waals surface area (Å²) in [6, 6.07) is 7.22. The Labute approximate surface area is 171 Å². The fourth-order valence-corrected chi connectivity index (χ4v) is 4.67. The van der Waals surface area contributed by atoms with Gasteiger partial charge in [0.2, 0.25) is 0 Å². The third-order valence-corrected chi connectivity index (χ3v) is 5.95. The van der Waals surface area contributed by atoms with Gasteiger partial charge in [-0.3, -0.25) is 4.79 Å². The van der Waals surface area contributed by atoms with Crippen LogP contribution in [0.4, 0.5) is 0 Å². The van der Waals surface area contributed by atoms with E-state index in [0.717, 1.165) is 35.2 Å². The Morgan fingerprint density at radius 2 is 2.17 bits per heavy atom. The number of benzene rings is 1. The predicted octanol–water partition coefficient (Wildman–Crippen LogP) is 3.52. The number of ether oxygens (including phenoxy) is 2. The fourth-order valence-electron chi connectivity index (χ4n) is 3.45. The van der Waals surface area contributed by atoms with Crippen LogP contribution in [0.25, 0.3) is 10.2 Å². The second kappa shape index (κ2) is 8.45. The van der Waals surface area contributed by atoms with Gasteiger partial charge in [0.05, 0.1) is 18.2 Å². The lowest BCUT2D eigenvalue weighted by Gasteiger charge is -2.10. The lowest BCUT2D eigenvalue weighted by Crippen LogP contribution is -2.18. The van der Waals surface area contributed by atoms with Crippen molar-refractivity contribution < 1.29 is 9.47 Å². The van der Waals surface area contributed by atoms with E-state index in [0.29, 0.717) is 23.5 Å². The highest BCUT2D eigenvalue weighted by Gasteiger charge is 2.19. The van der Waals surface area contributed by atoms with Crippen molar-refractivity contribution in [2.24, 2.45) is 5.10 Å². The van der Waals surface area contributed by atoms with Crippen molar-refractivity contribution in [2.45, 2.75) is 32.6 Å².